The largest absolute Gasteiger partial charge is 0.463 e. The fourth-order valence-electron chi connectivity index (χ4n) is 1.43. The fourth-order valence-corrected chi connectivity index (χ4v) is 1.43. The van der Waals surface area contributed by atoms with Gasteiger partial charge in [0.25, 0.3) is 0 Å². The van der Waals surface area contributed by atoms with Crippen LogP contribution in [0.3, 0.4) is 0 Å². The van der Waals surface area contributed by atoms with Gasteiger partial charge in [-0.25, -0.2) is 4.79 Å². The zero-order valence-corrected chi connectivity index (χ0v) is 9.07. The van der Waals surface area contributed by atoms with E-state index in [1.54, 1.807) is 6.92 Å². The SMILES string of the molecule is CCOC(=O)/C=C/ON=C1CCCCC1. The van der Waals surface area contributed by atoms with Crippen LogP contribution in [0.1, 0.15) is 39.0 Å². The van der Waals surface area contributed by atoms with E-state index >= 15 is 0 Å². The fraction of sp³-hybridized carbons (Fsp3) is 0.636. The monoisotopic (exact) mass is 211 g/mol. The lowest BCUT2D eigenvalue weighted by atomic mass is 9.99. The molecule has 0 atom stereocenters. The standard InChI is InChI=1S/C11H17NO3/c1-2-14-11(13)8-9-15-12-10-6-4-3-5-7-10/h8-9H,2-7H2,1H3/b9-8+. The van der Waals surface area contributed by atoms with Crippen LogP contribution in [0.15, 0.2) is 17.5 Å². The second-order valence-corrected chi connectivity index (χ2v) is 3.38. The lowest BCUT2D eigenvalue weighted by molar-refractivity contribution is -0.137. The maximum atomic E-state index is 10.9. The van der Waals surface area contributed by atoms with Gasteiger partial charge in [0, 0.05) is 0 Å². The van der Waals surface area contributed by atoms with Crippen LogP contribution in [0.25, 0.3) is 0 Å². The molecular weight excluding hydrogens is 194 g/mol. The summed E-state index contributed by atoms with van der Waals surface area (Å²) >= 11 is 0. The number of hydrogen-bond donors (Lipinski definition) is 0. The molecule has 0 aromatic carbocycles. The minimum atomic E-state index is -0.402. The van der Waals surface area contributed by atoms with Gasteiger partial charge in [-0.3, -0.25) is 0 Å². The lowest BCUT2D eigenvalue weighted by Crippen LogP contribution is -2.04. The van der Waals surface area contributed by atoms with Gasteiger partial charge in [-0.15, -0.1) is 0 Å². The highest BCUT2D eigenvalue weighted by atomic mass is 16.6. The predicted molar refractivity (Wildman–Crippen MR) is 57.4 cm³/mol. The van der Waals surface area contributed by atoms with Crippen LogP contribution < -0.4 is 0 Å². The Morgan fingerprint density at radius 2 is 2.13 bits per heavy atom. The van der Waals surface area contributed by atoms with Crippen LogP contribution in [-0.2, 0) is 14.4 Å². The molecule has 0 saturated heterocycles. The third-order valence-electron chi connectivity index (χ3n) is 2.16. The number of oxime groups is 1. The van der Waals surface area contributed by atoms with Crippen LogP contribution in [0.4, 0.5) is 0 Å². The molecule has 0 aliphatic heterocycles. The number of carbonyl (C=O) groups excluding carboxylic acids is 1. The van der Waals surface area contributed by atoms with E-state index in [0.29, 0.717) is 6.61 Å². The van der Waals surface area contributed by atoms with Crippen molar-refractivity contribution >= 4 is 11.7 Å². The van der Waals surface area contributed by atoms with Gasteiger partial charge in [0.1, 0.15) is 6.26 Å². The summed E-state index contributed by atoms with van der Waals surface area (Å²) in [5, 5.41) is 3.94. The first kappa shape index (κ1) is 11.8. The number of rotatable bonds is 4. The molecule has 4 heteroatoms. The third-order valence-corrected chi connectivity index (χ3v) is 2.16. The molecule has 0 bridgehead atoms. The van der Waals surface area contributed by atoms with Gasteiger partial charge in [-0.05, 0) is 32.6 Å². The van der Waals surface area contributed by atoms with E-state index in [2.05, 4.69) is 9.89 Å². The Bertz CT molecular complexity index is 251. The van der Waals surface area contributed by atoms with Crippen LogP contribution in [0.5, 0.6) is 0 Å². The molecule has 0 amide bonds. The summed E-state index contributed by atoms with van der Waals surface area (Å²) in [5.74, 6) is -0.402. The summed E-state index contributed by atoms with van der Waals surface area (Å²) in [6, 6.07) is 0. The molecule has 0 aromatic heterocycles. The van der Waals surface area contributed by atoms with Crippen molar-refractivity contribution in [2.24, 2.45) is 5.16 Å². The summed E-state index contributed by atoms with van der Waals surface area (Å²) in [6.07, 6.45) is 8.15. The van der Waals surface area contributed by atoms with Gasteiger partial charge in [0.2, 0.25) is 0 Å². The van der Waals surface area contributed by atoms with Crippen molar-refractivity contribution in [2.45, 2.75) is 39.0 Å². The Morgan fingerprint density at radius 3 is 2.80 bits per heavy atom. The van der Waals surface area contributed by atoms with Crippen LogP contribution in [0.2, 0.25) is 0 Å². The number of nitrogens with zero attached hydrogens (tertiary/aromatic N) is 1. The molecule has 4 nitrogen and oxygen atoms in total. The van der Waals surface area contributed by atoms with Crippen molar-refractivity contribution in [3.05, 3.63) is 12.3 Å². The summed E-state index contributed by atoms with van der Waals surface area (Å²) < 4.78 is 4.68. The van der Waals surface area contributed by atoms with Crippen molar-refractivity contribution in [3.8, 4) is 0 Å². The molecule has 84 valence electrons. The Morgan fingerprint density at radius 1 is 1.40 bits per heavy atom. The molecule has 1 aliphatic rings. The molecule has 0 N–H and O–H groups in total. The van der Waals surface area contributed by atoms with E-state index in [-0.39, 0.29) is 0 Å². The molecule has 0 spiro atoms. The molecule has 1 saturated carbocycles. The summed E-state index contributed by atoms with van der Waals surface area (Å²) in [6.45, 7) is 2.13. The molecule has 0 unspecified atom stereocenters. The Balaban J connectivity index is 2.21. The number of esters is 1. The molecule has 1 rings (SSSR count). The van der Waals surface area contributed by atoms with E-state index in [0.717, 1.165) is 18.6 Å². The van der Waals surface area contributed by atoms with Crippen molar-refractivity contribution in [1.82, 2.24) is 0 Å². The van der Waals surface area contributed by atoms with Crippen LogP contribution >= 0.6 is 0 Å². The first-order chi connectivity index (χ1) is 7.33. The van der Waals surface area contributed by atoms with E-state index in [1.807, 2.05) is 0 Å². The zero-order valence-electron chi connectivity index (χ0n) is 9.07. The lowest BCUT2D eigenvalue weighted by Gasteiger charge is -2.10. The first-order valence-corrected chi connectivity index (χ1v) is 5.38. The maximum Gasteiger partial charge on any atom is 0.333 e. The van der Waals surface area contributed by atoms with Gasteiger partial charge in [0.05, 0.1) is 18.4 Å². The van der Waals surface area contributed by atoms with Gasteiger partial charge in [-0.2, -0.15) is 0 Å². The first-order valence-electron chi connectivity index (χ1n) is 5.38. The van der Waals surface area contributed by atoms with E-state index in [4.69, 9.17) is 4.84 Å². The molecule has 1 fully saturated rings. The topological polar surface area (TPSA) is 47.9 Å². The van der Waals surface area contributed by atoms with Crippen molar-refractivity contribution in [2.75, 3.05) is 6.61 Å². The van der Waals surface area contributed by atoms with E-state index in [9.17, 15) is 4.79 Å². The Hall–Kier alpha value is -1.32. The van der Waals surface area contributed by atoms with E-state index in [1.165, 1.54) is 31.6 Å². The van der Waals surface area contributed by atoms with Gasteiger partial charge >= 0.3 is 5.97 Å². The smallest absolute Gasteiger partial charge is 0.333 e. The Kier molecular flexibility index (Phi) is 5.51. The molecule has 15 heavy (non-hydrogen) atoms. The number of carbonyl (C=O) groups is 1. The van der Waals surface area contributed by atoms with Gasteiger partial charge in [0.15, 0.2) is 0 Å². The normalized spacial score (nSPS) is 16.5. The molecular formula is C11H17NO3. The van der Waals surface area contributed by atoms with Gasteiger partial charge < -0.3 is 9.57 Å². The molecule has 0 heterocycles. The number of hydrogen-bond acceptors (Lipinski definition) is 4. The molecule has 1 aliphatic carbocycles. The summed E-state index contributed by atoms with van der Waals surface area (Å²) in [4.78, 5) is 15.8. The quantitative estimate of drug-likeness (QED) is 0.310. The summed E-state index contributed by atoms with van der Waals surface area (Å²) in [7, 11) is 0. The average Bonchev–Trinajstić information content (AvgIpc) is 2.26. The maximum absolute atomic E-state index is 10.9. The van der Waals surface area contributed by atoms with Crippen LogP contribution in [-0.4, -0.2) is 18.3 Å². The second kappa shape index (κ2) is 7.04. The van der Waals surface area contributed by atoms with Crippen LogP contribution in [0, 0.1) is 0 Å². The van der Waals surface area contributed by atoms with Gasteiger partial charge in [-0.1, -0.05) is 11.6 Å². The second-order valence-electron chi connectivity index (χ2n) is 3.38. The highest BCUT2D eigenvalue weighted by Crippen LogP contribution is 2.14. The minimum Gasteiger partial charge on any atom is -0.463 e. The highest BCUT2D eigenvalue weighted by molar-refractivity contribution is 5.84. The van der Waals surface area contributed by atoms with Crippen molar-refractivity contribution in [3.63, 3.8) is 0 Å². The zero-order chi connectivity index (χ0) is 10.9. The highest BCUT2D eigenvalue weighted by Gasteiger charge is 2.06. The van der Waals surface area contributed by atoms with Crippen molar-refractivity contribution in [1.29, 1.82) is 0 Å². The third kappa shape index (κ3) is 5.20. The molecule has 0 aromatic rings. The Labute approximate surface area is 89.9 Å². The minimum absolute atomic E-state index is 0.373. The number of ether oxygens (including phenoxy) is 1. The summed E-state index contributed by atoms with van der Waals surface area (Å²) in [5.41, 5.74) is 1.08. The van der Waals surface area contributed by atoms with Crippen molar-refractivity contribution < 1.29 is 14.4 Å². The molecule has 0 radical (unpaired) electrons. The predicted octanol–water partition coefficient (Wildman–Crippen LogP) is 2.40. The average molecular weight is 211 g/mol. The van der Waals surface area contributed by atoms with E-state index < -0.39 is 5.97 Å².